The number of aromatic carboxylic acids is 1. The molecule has 3 heterocycles. The molecule has 1 aliphatic heterocycles. The number of hydrogen-bond acceptors (Lipinski definition) is 4. The first-order chi connectivity index (χ1) is 13.4. The molecule has 2 aromatic rings. The van der Waals surface area contributed by atoms with Crippen LogP contribution in [0, 0.1) is 5.82 Å². The number of carbonyl (C=O) groups is 1. The van der Waals surface area contributed by atoms with E-state index in [0.717, 1.165) is 24.5 Å². The van der Waals surface area contributed by atoms with E-state index < -0.39 is 17.2 Å². The summed E-state index contributed by atoms with van der Waals surface area (Å²) in [6.07, 6.45) is 6.05. The number of rotatable bonds is 4. The van der Waals surface area contributed by atoms with Crippen molar-refractivity contribution in [1.82, 2.24) is 9.55 Å². The lowest BCUT2D eigenvalue weighted by Crippen LogP contribution is -2.32. The topological polar surface area (TPSA) is 75.4 Å². The van der Waals surface area contributed by atoms with Crippen LogP contribution in [0.5, 0.6) is 0 Å². The fourth-order valence-corrected chi connectivity index (χ4v) is 3.80. The summed E-state index contributed by atoms with van der Waals surface area (Å²) in [5.74, 6) is -1.77. The zero-order valence-electron chi connectivity index (χ0n) is 15.1. The van der Waals surface area contributed by atoms with Crippen LogP contribution in [0.1, 0.15) is 42.1 Å². The van der Waals surface area contributed by atoms with Crippen LogP contribution in [0.25, 0.3) is 11.0 Å². The molecule has 1 aliphatic carbocycles. The highest BCUT2D eigenvalue weighted by Crippen LogP contribution is 2.37. The first-order valence-electron chi connectivity index (χ1n) is 9.14. The quantitative estimate of drug-likeness (QED) is 0.839. The number of pyridine rings is 2. The van der Waals surface area contributed by atoms with Crippen LogP contribution >= 0.6 is 11.6 Å². The number of nitrogens with zero attached hydrogens (tertiary/aromatic N) is 3. The molecule has 1 saturated carbocycles. The van der Waals surface area contributed by atoms with Crippen molar-refractivity contribution in [1.29, 1.82) is 0 Å². The van der Waals surface area contributed by atoms with Gasteiger partial charge in [-0.2, -0.15) is 0 Å². The minimum absolute atomic E-state index is 0.000320. The standard InChI is InChI=1S/C20H19ClFN3O3/c1-2-15(21)11-5-7-24(8-6-11)19-16(22)9-13-17(26)14(20(27)28)10-25(12-3-4-12)18(13)23-19/h2,9-10,12H,1,3-8H2,(H,27,28). The summed E-state index contributed by atoms with van der Waals surface area (Å²) in [5.41, 5.74) is 0.341. The number of halogens is 2. The van der Waals surface area contributed by atoms with Crippen LogP contribution in [0.4, 0.5) is 10.2 Å². The van der Waals surface area contributed by atoms with E-state index in [1.165, 1.54) is 6.20 Å². The van der Waals surface area contributed by atoms with Crippen molar-refractivity contribution in [3.8, 4) is 0 Å². The Bertz CT molecular complexity index is 1080. The molecule has 1 N–H and O–H groups in total. The molecule has 2 fully saturated rings. The van der Waals surface area contributed by atoms with Gasteiger partial charge in [0.1, 0.15) is 11.2 Å². The highest BCUT2D eigenvalue weighted by atomic mass is 35.5. The smallest absolute Gasteiger partial charge is 0.341 e. The maximum Gasteiger partial charge on any atom is 0.341 e. The summed E-state index contributed by atoms with van der Waals surface area (Å²) >= 11 is 6.13. The van der Waals surface area contributed by atoms with Crippen LogP contribution in [-0.2, 0) is 0 Å². The third-order valence-electron chi connectivity index (χ3n) is 5.29. The van der Waals surface area contributed by atoms with E-state index in [1.54, 1.807) is 10.6 Å². The summed E-state index contributed by atoms with van der Waals surface area (Å²) in [6, 6.07) is 1.21. The molecule has 0 unspecified atom stereocenters. The first kappa shape index (κ1) is 18.7. The molecule has 4 rings (SSSR count). The Kier molecular flexibility index (Phi) is 4.71. The molecule has 6 nitrogen and oxygen atoms in total. The largest absolute Gasteiger partial charge is 0.477 e. The fourth-order valence-electron chi connectivity index (χ4n) is 3.61. The Labute approximate surface area is 165 Å². The number of allylic oxidation sites excluding steroid dienone is 2. The van der Waals surface area contributed by atoms with Crippen LogP contribution in [0.2, 0.25) is 0 Å². The SMILES string of the molecule is C=CC(Cl)=C1CCN(c2nc3c(cc2F)c(=O)c(C(=O)O)cn3C2CC2)CC1. The van der Waals surface area contributed by atoms with Crippen molar-refractivity contribution in [2.75, 3.05) is 18.0 Å². The van der Waals surface area contributed by atoms with Gasteiger partial charge in [0, 0.05) is 30.4 Å². The van der Waals surface area contributed by atoms with E-state index in [-0.39, 0.29) is 22.8 Å². The van der Waals surface area contributed by atoms with Gasteiger partial charge >= 0.3 is 5.97 Å². The van der Waals surface area contributed by atoms with E-state index in [1.807, 2.05) is 4.90 Å². The highest BCUT2D eigenvalue weighted by molar-refractivity contribution is 6.31. The molecular weight excluding hydrogens is 385 g/mol. The van der Waals surface area contributed by atoms with Crippen LogP contribution in [-0.4, -0.2) is 33.7 Å². The van der Waals surface area contributed by atoms with Gasteiger partial charge in [0.25, 0.3) is 0 Å². The van der Waals surface area contributed by atoms with Crippen molar-refractivity contribution in [3.63, 3.8) is 0 Å². The highest BCUT2D eigenvalue weighted by Gasteiger charge is 2.29. The Morgan fingerprint density at radius 1 is 1.36 bits per heavy atom. The van der Waals surface area contributed by atoms with E-state index in [2.05, 4.69) is 11.6 Å². The summed E-state index contributed by atoms with van der Waals surface area (Å²) in [7, 11) is 0. The van der Waals surface area contributed by atoms with E-state index in [0.29, 0.717) is 36.6 Å². The second-order valence-corrected chi connectivity index (χ2v) is 7.53. The van der Waals surface area contributed by atoms with Crippen molar-refractivity contribution in [2.24, 2.45) is 0 Å². The summed E-state index contributed by atoms with van der Waals surface area (Å²) in [4.78, 5) is 30.2. The molecule has 2 aliphatic rings. The predicted octanol–water partition coefficient (Wildman–Crippen LogP) is 3.85. The number of piperidine rings is 1. The molecule has 8 heteroatoms. The minimum Gasteiger partial charge on any atom is -0.477 e. The molecule has 0 amide bonds. The molecule has 0 bridgehead atoms. The van der Waals surface area contributed by atoms with E-state index in [4.69, 9.17) is 11.6 Å². The van der Waals surface area contributed by atoms with Gasteiger partial charge in [-0.1, -0.05) is 24.3 Å². The Balaban J connectivity index is 1.80. The van der Waals surface area contributed by atoms with E-state index in [9.17, 15) is 19.1 Å². The third-order valence-corrected chi connectivity index (χ3v) is 5.72. The lowest BCUT2D eigenvalue weighted by molar-refractivity contribution is 0.0695. The second kappa shape index (κ2) is 7.05. The Morgan fingerprint density at radius 2 is 2.04 bits per heavy atom. The molecule has 0 atom stereocenters. The number of anilines is 1. The van der Waals surface area contributed by atoms with Gasteiger partial charge in [-0.25, -0.2) is 14.2 Å². The lowest BCUT2D eigenvalue weighted by Gasteiger charge is -2.30. The molecule has 0 aromatic carbocycles. The van der Waals surface area contributed by atoms with Gasteiger partial charge in [0.05, 0.1) is 5.39 Å². The lowest BCUT2D eigenvalue weighted by atomic mass is 10.0. The van der Waals surface area contributed by atoms with Gasteiger partial charge < -0.3 is 14.6 Å². The molecule has 28 heavy (non-hydrogen) atoms. The maximum atomic E-state index is 14.8. The van der Waals surface area contributed by atoms with Crippen molar-refractivity contribution < 1.29 is 14.3 Å². The maximum absolute atomic E-state index is 14.8. The number of hydrogen-bond donors (Lipinski definition) is 1. The van der Waals surface area contributed by atoms with Crippen molar-refractivity contribution in [3.05, 3.63) is 57.1 Å². The number of carboxylic acid groups (broad SMARTS) is 1. The molecule has 146 valence electrons. The van der Waals surface area contributed by atoms with Gasteiger partial charge in [-0.05, 0) is 37.3 Å². The molecule has 2 aromatic heterocycles. The summed E-state index contributed by atoms with van der Waals surface area (Å²) in [5, 5.41) is 9.95. The van der Waals surface area contributed by atoms with Gasteiger partial charge in [-0.3, -0.25) is 4.79 Å². The Morgan fingerprint density at radius 3 is 2.61 bits per heavy atom. The normalized spacial score (nSPS) is 17.1. The van der Waals surface area contributed by atoms with Crippen LogP contribution in [0.3, 0.4) is 0 Å². The van der Waals surface area contributed by atoms with Crippen molar-refractivity contribution in [2.45, 2.75) is 31.7 Å². The molecule has 0 spiro atoms. The van der Waals surface area contributed by atoms with Crippen LogP contribution in [0.15, 0.2) is 40.3 Å². The number of aromatic nitrogens is 2. The average molecular weight is 404 g/mol. The van der Waals surface area contributed by atoms with Crippen molar-refractivity contribution >= 4 is 34.4 Å². The monoisotopic (exact) mass is 403 g/mol. The minimum atomic E-state index is -1.32. The summed E-state index contributed by atoms with van der Waals surface area (Å²) < 4.78 is 16.5. The van der Waals surface area contributed by atoms with Gasteiger partial charge in [0.15, 0.2) is 11.6 Å². The first-order valence-corrected chi connectivity index (χ1v) is 9.52. The zero-order chi connectivity index (χ0) is 20.0. The second-order valence-electron chi connectivity index (χ2n) is 7.12. The number of fused-ring (bicyclic) bond motifs is 1. The van der Waals surface area contributed by atoms with Gasteiger partial charge in [0.2, 0.25) is 5.43 Å². The third kappa shape index (κ3) is 3.20. The predicted molar refractivity (Wildman–Crippen MR) is 106 cm³/mol. The zero-order valence-corrected chi connectivity index (χ0v) is 15.9. The molecular formula is C20H19ClFN3O3. The van der Waals surface area contributed by atoms with Crippen LogP contribution < -0.4 is 10.3 Å². The van der Waals surface area contributed by atoms with Gasteiger partial charge in [-0.15, -0.1) is 0 Å². The number of carboxylic acids is 1. The fraction of sp³-hybridized carbons (Fsp3) is 0.350. The average Bonchev–Trinajstić information content (AvgIpc) is 3.52. The van der Waals surface area contributed by atoms with E-state index >= 15 is 0 Å². The summed E-state index contributed by atoms with van der Waals surface area (Å²) in [6.45, 7) is 4.77. The molecule has 1 saturated heterocycles. The Hall–Kier alpha value is -2.67. The molecule has 0 radical (unpaired) electrons.